The maximum atomic E-state index is 4.62. The Balaban J connectivity index is 2.21. The van der Waals surface area contributed by atoms with Gasteiger partial charge in [-0.3, -0.25) is 0 Å². The molecule has 4 nitrogen and oxygen atoms in total. The molecule has 1 atom stereocenters. The van der Waals surface area contributed by atoms with Gasteiger partial charge in [-0.2, -0.15) is 0 Å². The highest BCUT2D eigenvalue weighted by molar-refractivity contribution is 5.11. The number of aromatic nitrogens is 2. The highest BCUT2D eigenvalue weighted by atomic mass is 16.6. The summed E-state index contributed by atoms with van der Waals surface area (Å²) in [6.07, 6.45) is 2.37. The number of aryl methyl sites for hydroxylation is 1. The van der Waals surface area contributed by atoms with E-state index in [-0.39, 0.29) is 0 Å². The number of nitrogens with zero attached hydrogens (tertiary/aromatic N) is 2. The lowest BCUT2D eigenvalue weighted by Crippen LogP contribution is -2.14. The van der Waals surface area contributed by atoms with E-state index in [2.05, 4.69) is 20.3 Å². The Kier molecular flexibility index (Phi) is 1.62. The van der Waals surface area contributed by atoms with E-state index >= 15 is 0 Å². The van der Waals surface area contributed by atoms with Gasteiger partial charge in [0.05, 0.1) is 6.04 Å². The van der Waals surface area contributed by atoms with Crippen LogP contribution in [0.15, 0.2) is 4.63 Å². The zero-order valence-electron chi connectivity index (χ0n) is 6.50. The van der Waals surface area contributed by atoms with E-state index in [1.165, 1.54) is 6.42 Å². The van der Waals surface area contributed by atoms with Crippen LogP contribution in [-0.4, -0.2) is 16.9 Å². The predicted octanol–water partition coefficient (Wildman–Crippen LogP) is 0.803. The lowest BCUT2D eigenvalue weighted by Gasteiger charge is -2.03. The molecule has 60 valence electrons. The Hall–Kier alpha value is -0.900. The van der Waals surface area contributed by atoms with E-state index in [1.807, 2.05) is 6.92 Å². The van der Waals surface area contributed by atoms with Crippen LogP contribution < -0.4 is 5.32 Å². The van der Waals surface area contributed by atoms with Gasteiger partial charge in [-0.05, 0) is 26.3 Å². The molecule has 1 N–H and O–H groups in total. The summed E-state index contributed by atoms with van der Waals surface area (Å²) in [6, 6.07) is 0.376. The van der Waals surface area contributed by atoms with Gasteiger partial charge in [0.25, 0.3) is 0 Å². The van der Waals surface area contributed by atoms with Crippen LogP contribution in [0, 0.1) is 6.92 Å². The number of hydrogen-bond donors (Lipinski definition) is 1. The van der Waals surface area contributed by atoms with Crippen molar-refractivity contribution in [1.29, 1.82) is 0 Å². The number of rotatable bonds is 1. The minimum Gasteiger partial charge on any atom is -0.308 e. The van der Waals surface area contributed by atoms with E-state index < -0.39 is 0 Å². The molecule has 1 fully saturated rings. The lowest BCUT2D eigenvalue weighted by atomic mass is 10.1. The fourth-order valence-electron chi connectivity index (χ4n) is 1.47. The fraction of sp³-hybridized carbons (Fsp3) is 0.714. The third kappa shape index (κ3) is 1.14. The topological polar surface area (TPSA) is 51.0 Å². The minimum absolute atomic E-state index is 0.376. The molecule has 11 heavy (non-hydrogen) atoms. The third-order valence-electron chi connectivity index (χ3n) is 2.08. The fourth-order valence-corrected chi connectivity index (χ4v) is 1.47. The molecular weight excluding hydrogens is 142 g/mol. The molecule has 1 aliphatic heterocycles. The van der Waals surface area contributed by atoms with Gasteiger partial charge in [0.15, 0.2) is 0 Å². The summed E-state index contributed by atoms with van der Waals surface area (Å²) in [5, 5.41) is 10.9. The highest BCUT2D eigenvalue weighted by Crippen LogP contribution is 2.22. The van der Waals surface area contributed by atoms with Crippen molar-refractivity contribution in [3.63, 3.8) is 0 Å². The second-order valence-electron chi connectivity index (χ2n) is 2.88. The molecular formula is C7H11N3O. The van der Waals surface area contributed by atoms with Crippen LogP contribution in [0.5, 0.6) is 0 Å². The average Bonchev–Trinajstić information content (AvgIpc) is 2.55. The van der Waals surface area contributed by atoms with Crippen LogP contribution >= 0.6 is 0 Å². The molecule has 1 aliphatic rings. The first-order valence-electron chi connectivity index (χ1n) is 3.90. The summed E-state index contributed by atoms with van der Waals surface area (Å²) >= 11 is 0. The molecule has 4 heteroatoms. The van der Waals surface area contributed by atoms with Gasteiger partial charge in [0, 0.05) is 0 Å². The van der Waals surface area contributed by atoms with Crippen molar-refractivity contribution in [3.05, 3.63) is 11.4 Å². The molecule has 0 aromatic carbocycles. The summed E-state index contributed by atoms with van der Waals surface area (Å²) in [4.78, 5) is 0. The minimum atomic E-state index is 0.376. The Morgan fingerprint density at radius 1 is 1.55 bits per heavy atom. The first-order valence-corrected chi connectivity index (χ1v) is 3.90. The molecule has 0 saturated carbocycles. The maximum Gasteiger partial charge on any atom is 0.124 e. The second kappa shape index (κ2) is 2.62. The van der Waals surface area contributed by atoms with Crippen molar-refractivity contribution in [2.24, 2.45) is 0 Å². The van der Waals surface area contributed by atoms with E-state index in [0.717, 1.165) is 24.4 Å². The molecule has 2 heterocycles. The molecule has 0 bridgehead atoms. The lowest BCUT2D eigenvalue weighted by molar-refractivity contribution is 0.298. The van der Waals surface area contributed by atoms with Crippen LogP contribution in [0.2, 0.25) is 0 Å². The van der Waals surface area contributed by atoms with Crippen molar-refractivity contribution in [2.45, 2.75) is 25.8 Å². The monoisotopic (exact) mass is 153 g/mol. The van der Waals surface area contributed by atoms with E-state index in [9.17, 15) is 0 Å². The van der Waals surface area contributed by atoms with Crippen molar-refractivity contribution >= 4 is 0 Å². The summed E-state index contributed by atoms with van der Waals surface area (Å²) in [5.74, 6) is 0. The van der Waals surface area contributed by atoms with Gasteiger partial charge in [-0.25, -0.2) is 4.63 Å². The van der Waals surface area contributed by atoms with Crippen molar-refractivity contribution < 1.29 is 4.63 Å². The highest BCUT2D eigenvalue weighted by Gasteiger charge is 2.21. The van der Waals surface area contributed by atoms with Gasteiger partial charge in [0.2, 0.25) is 0 Å². The van der Waals surface area contributed by atoms with Gasteiger partial charge in [-0.15, -0.1) is 0 Å². The molecule has 1 saturated heterocycles. The first kappa shape index (κ1) is 6.79. The summed E-state index contributed by atoms with van der Waals surface area (Å²) in [5.41, 5.74) is 1.88. The summed E-state index contributed by atoms with van der Waals surface area (Å²) in [6.45, 7) is 3.00. The first-order chi connectivity index (χ1) is 5.38. The summed E-state index contributed by atoms with van der Waals surface area (Å²) in [7, 11) is 0. The Bertz CT molecular complexity index is 240. The molecule has 1 aromatic rings. The van der Waals surface area contributed by atoms with Gasteiger partial charge >= 0.3 is 0 Å². The molecule has 0 aliphatic carbocycles. The SMILES string of the molecule is Cc1nonc1[C@H]1CCCN1. The van der Waals surface area contributed by atoms with Crippen LogP contribution in [0.25, 0.3) is 0 Å². The smallest absolute Gasteiger partial charge is 0.124 e. The van der Waals surface area contributed by atoms with Crippen molar-refractivity contribution in [2.75, 3.05) is 6.54 Å². The average molecular weight is 153 g/mol. The third-order valence-corrected chi connectivity index (χ3v) is 2.08. The molecule has 0 spiro atoms. The quantitative estimate of drug-likeness (QED) is 0.648. The molecule has 1 aromatic heterocycles. The molecule has 0 unspecified atom stereocenters. The second-order valence-corrected chi connectivity index (χ2v) is 2.88. The normalized spacial score (nSPS) is 24.3. The van der Waals surface area contributed by atoms with Crippen LogP contribution in [-0.2, 0) is 0 Å². The van der Waals surface area contributed by atoms with Crippen molar-refractivity contribution in [1.82, 2.24) is 15.6 Å². The largest absolute Gasteiger partial charge is 0.308 e. The summed E-state index contributed by atoms with van der Waals surface area (Å²) < 4.78 is 4.62. The molecule has 0 amide bonds. The maximum absolute atomic E-state index is 4.62. The number of nitrogens with one attached hydrogen (secondary N) is 1. The van der Waals surface area contributed by atoms with Gasteiger partial charge in [0.1, 0.15) is 11.4 Å². The zero-order valence-corrected chi connectivity index (χ0v) is 6.50. The zero-order chi connectivity index (χ0) is 7.68. The Morgan fingerprint density at radius 2 is 2.45 bits per heavy atom. The van der Waals surface area contributed by atoms with E-state index in [4.69, 9.17) is 0 Å². The number of hydrogen-bond acceptors (Lipinski definition) is 4. The van der Waals surface area contributed by atoms with Gasteiger partial charge in [-0.1, -0.05) is 10.3 Å². The van der Waals surface area contributed by atoms with Crippen LogP contribution in [0.4, 0.5) is 0 Å². The predicted molar refractivity (Wildman–Crippen MR) is 39.0 cm³/mol. The Morgan fingerprint density at radius 3 is 3.00 bits per heavy atom. The Labute approximate surface area is 64.9 Å². The van der Waals surface area contributed by atoms with Crippen LogP contribution in [0.3, 0.4) is 0 Å². The van der Waals surface area contributed by atoms with E-state index in [0.29, 0.717) is 6.04 Å². The van der Waals surface area contributed by atoms with Gasteiger partial charge < -0.3 is 5.32 Å². The standard InChI is InChI=1S/C7H11N3O/c1-5-7(10-11-9-5)6-3-2-4-8-6/h6,8H,2-4H2,1H3/t6-/m1/s1. The van der Waals surface area contributed by atoms with E-state index in [1.54, 1.807) is 0 Å². The van der Waals surface area contributed by atoms with Crippen molar-refractivity contribution in [3.8, 4) is 0 Å². The molecule has 2 rings (SSSR count). The molecule has 0 radical (unpaired) electrons. The van der Waals surface area contributed by atoms with Crippen LogP contribution in [0.1, 0.15) is 30.3 Å².